The quantitative estimate of drug-likeness (QED) is 0.827. The summed E-state index contributed by atoms with van der Waals surface area (Å²) in [6.07, 6.45) is 2.20. The van der Waals surface area contributed by atoms with Crippen LogP contribution in [0.1, 0.15) is 40.5 Å². The molecule has 136 valence electrons. The van der Waals surface area contributed by atoms with E-state index in [-0.39, 0.29) is 11.5 Å². The Morgan fingerprint density at radius 2 is 1.96 bits per heavy atom. The Labute approximate surface area is 157 Å². The lowest BCUT2D eigenvalue weighted by Crippen LogP contribution is -2.35. The van der Waals surface area contributed by atoms with Crippen LogP contribution in [0, 0.1) is 5.92 Å². The number of nitrogens with one attached hydrogen (secondary N) is 1. The van der Waals surface area contributed by atoms with Gasteiger partial charge in [0.25, 0.3) is 5.91 Å². The van der Waals surface area contributed by atoms with Gasteiger partial charge in [0.2, 0.25) is 0 Å². The molecule has 0 bridgehead atoms. The number of amides is 1. The van der Waals surface area contributed by atoms with Crippen molar-refractivity contribution in [3.05, 3.63) is 58.6 Å². The Morgan fingerprint density at radius 3 is 2.65 bits per heavy atom. The van der Waals surface area contributed by atoms with Crippen molar-refractivity contribution >= 4 is 34.9 Å². The SMILES string of the molecule is C[C@@H]1CCCN(c2ccc(NC(=O)c3ccccc3Cl)cc2C(=O)O)C1. The Hall–Kier alpha value is -2.53. The first-order valence-corrected chi connectivity index (χ1v) is 9.01. The van der Waals surface area contributed by atoms with E-state index in [0.717, 1.165) is 25.9 Å². The molecule has 1 atom stereocenters. The first-order chi connectivity index (χ1) is 12.5. The van der Waals surface area contributed by atoms with Gasteiger partial charge in [0.1, 0.15) is 0 Å². The zero-order chi connectivity index (χ0) is 18.7. The summed E-state index contributed by atoms with van der Waals surface area (Å²) in [6.45, 7) is 3.85. The topological polar surface area (TPSA) is 69.6 Å². The number of hydrogen-bond donors (Lipinski definition) is 2. The summed E-state index contributed by atoms with van der Waals surface area (Å²) in [5.41, 5.74) is 1.66. The lowest BCUT2D eigenvalue weighted by Gasteiger charge is -2.33. The van der Waals surface area contributed by atoms with Crippen LogP contribution >= 0.6 is 11.6 Å². The number of anilines is 2. The number of carbonyl (C=O) groups excluding carboxylic acids is 1. The molecule has 3 rings (SSSR count). The van der Waals surface area contributed by atoms with Gasteiger partial charge in [-0.2, -0.15) is 0 Å². The minimum atomic E-state index is -1.01. The molecule has 1 saturated heterocycles. The van der Waals surface area contributed by atoms with Crippen LogP contribution in [-0.2, 0) is 0 Å². The number of rotatable bonds is 4. The molecule has 2 aromatic carbocycles. The predicted octanol–water partition coefficient (Wildman–Crippen LogP) is 4.53. The second kappa shape index (κ2) is 7.79. The van der Waals surface area contributed by atoms with Gasteiger partial charge >= 0.3 is 5.97 Å². The van der Waals surface area contributed by atoms with Gasteiger partial charge in [-0.3, -0.25) is 4.79 Å². The van der Waals surface area contributed by atoms with Crippen LogP contribution in [0.15, 0.2) is 42.5 Å². The number of piperidine rings is 1. The average Bonchev–Trinajstić information content (AvgIpc) is 2.62. The Morgan fingerprint density at radius 1 is 1.19 bits per heavy atom. The molecule has 1 fully saturated rings. The number of benzene rings is 2. The molecule has 1 aliphatic rings. The highest BCUT2D eigenvalue weighted by atomic mass is 35.5. The Bertz CT molecular complexity index is 838. The first-order valence-electron chi connectivity index (χ1n) is 8.64. The number of aromatic carboxylic acids is 1. The van der Waals surface area contributed by atoms with Gasteiger partial charge in [0.15, 0.2) is 0 Å². The predicted molar refractivity (Wildman–Crippen MR) is 103 cm³/mol. The number of halogens is 1. The molecule has 1 heterocycles. The summed E-state index contributed by atoms with van der Waals surface area (Å²) in [5.74, 6) is -0.844. The fourth-order valence-corrected chi connectivity index (χ4v) is 3.53. The molecule has 0 saturated carbocycles. The molecule has 2 N–H and O–H groups in total. The van der Waals surface area contributed by atoms with E-state index in [9.17, 15) is 14.7 Å². The smallest absolute Gasteiger partial charge is 0.337 e. The number of carbonyl (C=O) groups is 2. The first kappa shape index (κ1) is 18.3. The van der Waals surface area contributed by atoms with Crippen LogP contribution in [0.25, 0.3) is 0 Å². The molecular weight excluding hydrogens is 352 g/mol. The third kappa shape index (κ3) is 3.99. The molecular formula is C20H21ClN2O3. The summed E-state index contributed by atoms with van der Waals surface area (Å²) >= 11 is 6.05. The van der Waals surface area contributed by atoms with E-state index in [1.165, 1.54) is 6.07 Å². The van der Waals surface area contributed by atoms with Crippen LogP contribution in [-0.4, -0.2) is 30.1 Å². The summed E-state index contributed by atoms with van der Waals surface area (Å²) in [5, 5.41) is 12.7. The van der Waals surface area contributed by atoms with Crippen molar-refractivity contribution in [2.45, 2.75) is 19.8 Å². The third-order valence-corrected chi connectivity index (χ3v) is 4.93. The van der Waals surface area contributed by atoms with Crippen molar-refractivity contribution in [1.29, 1.82) is 0 Å². The molecule has 0 unspecified atom stereocenters. The zero-order valence-corrected chi connectivity index (χ0v) is 15.3. The van der Waals surface area contributed by atoms with Crippen molar-refractivity contribution < 1.29 is 14.7 Å². The molecule has 0 spiro atoms. The van der Waals surface area contributed by atoms with Gasteiger partial charge < -0.3 is 15.3 Å². The molecule has 5 nitrogen and oxygen atoms in total. The number of hydrogen-bond acceptors (Lipinski definition) is 3. The average molecular weight is 373 g/mol. The summed E-state index contributed by atoms with van der Waals surface area (Å²) in [7, 11) is 0. The van der Waals surface area contributed by atoms with Crippen LogP contribution in [0.2, 0.25) is 5.02 Å². The molecule has 2 aromatic rings. The molecule has 6 heteroatoms. The summed E-state index contributed by atoms with van der Waals surface area (Å²) < 4.78 is 0. The number of carboxylic acids is 1. The molecule has 1 aliphatic heterocycles. The van der Waals surface area contributed by atoms with Crippen LogP contribution in [0.5, 0.6) is 0 Å². The van der Waals surface area contributed by atoms with Crippen molar-refractivity contribution in [3.63, 3.8) is 0 Å². The second-order valence-electron chi connectivity index (χ2n) is 6.66. The molecule has 0 radical (unpaired) electrons. The maximum absolute atomic E-state index is 12.4. The number of carboxylic acid groups (broad SMARTS) is 1. The van der Waals surface area contributed by atoms with Crippen molar-refractivity contribution in [1.82, 2.24) is 0 Å². The van der Waals surface area contributed by atoms with E-state index in [1.807, 2.05) is 0 Å². The summed E-state index contributed by atoms with van der Waals surface area (Å²) in [4.78, 5) is 26.2. The van der Waals surface area contributed by atoms with E-state index >= 15 is 0 Å². The van der Waals surface area contributed by atoms with Gasteiger partial charge in [0, 0.05) is 18.8 Å². The number of nitrogens with zero attached hydrogens (tertiary/aromatic N) is 1. The zero-order valence-electron chi connectivity index (χ0n) is 14.5. The van der Waals surface area contributed by atoms with Gasteiger partial charge in [-0.1, -0.05) is 30.7 Å². The Kier molecular flexibility index (Phi) is 5.47. The van der Waals surface area contributed by atoms with Gasteiger partial charge in [-0.25, -0.2) is 4.79 Å². The van der Waals surface area contributed by atoms with E-state index in [4.69, 9.17) is 11.6 Å². The van der Waals surface area contributed by atoms with Crippen LogP contribution in [0.3, 0.4) is 0 Å². The monoisotopic (exact) mass is 372 g/mol. The second-order valence-corrected chi connectivity index (χ2v) is 7.07. The highest BCUT2D eigenvalue weighted by Gasteiger charge is 2.22. The molecule has 0 aromatic heterocycles. The maximum atomic E-state index is 12.4. The minimum absolute atomic E-state index is 0.191. The lowest BCUT2D eigenvalue weighted by atomic mass is 9.98. The molecule has 1 amide bonds. The van der Waals surface area contributed by atoms with Crippen LogP contribution < -0.4 is 10.2 Å². The van der Waals surface area contributed by atoms with Gasteiger partial charge in [0.05, 0.1) is 21.8 Å². The minimum Gasteiger partial charge on any atom is -0.478 e. The van der Waals surface area contributed by atoms with Crippen LogP contribution in [0.4, 0.5) is 11.4 Å². The van der Waals surface area contributed by atoms with Gasteiger partial charge in [-0.05, 0) is 49.1 Å². The van der Waals surface area contributed by atoms with E-state index in [1.54, 1.807) is 36.4 Å². The third-order valence-electron chi connectivity index (χ3n) is 4.60. The lowest BCUT2D eigenvalue weighted by molar-refractivity contribution is 0.0697. The molecule has 0 aliphatic carbocycles. The maximum Gasteiger partial charge on any atom is 0.337 e. The normalized spacial score (nSPS) is 17.0. The van der Waals surface area contributed by atoms with E-state index < -0.39 is 5.97 Å². The van der Waals surface area contributed by atoms with Crippen molar-refractivity contribution in [2.24, 2.45) is 5.92 Å². The highest BCUT2D eigenvalue weighted by molar-refractivity contribution is 6.34. The largest absolute Gasteiger partial charge is 0.478 e. The highest BCUT2D eigenvalue weighted by Crippen LogP contribution is 2.29. The standard InChI is InChI=1S/C20H21ClN2O3/c1-13-5-4-10-23(12-13)18-9-8-14(11-16(18)20(25)26)22-19(24)15-6-2-3-7-17(15)21/h2-3,6-9,11,13H,4-5,10,12H2,1H3,(H,22,24)(H,25,26)/t13-/m1/s1. The van der Waals surface area contributed by atoms with E-state index in [2.05, 4.69) is 17.1 Å². The fraction of sp³-hybridized carbons (Fsp3) is 0.300. The van der Waals surface area contributed by atoms with Crippen molar-refractivity contribution in [3.8, 4) is 0 Å². The van der Waals surface area contributed by atoms with Crippen molar-refractivity contribution in [2.75, 3.05) is 23.3 Å². The van der Waals surface area contributed by atoms with E-state index in [0.29, 0.717) is 27.9 Å². The summed E-state index contributed by atoms with van der Waals surface area (Å²) in [6, 6.07) is 11.7. The fourth-order valence-electron chi connectivity index (χ4n) is 3.31. The Balaban J connectivity index is 1.86. The van der Waals surface area contributed by atoms with Gasteiger partial charge in [-0.15, -0.1) is 0 Å². The molecule has 26 heavy (non-hydrogen) atoms.